The van der Waals surface area contributed by atoms with Gasteiger partial charge in [0.2, 0.25) is 5.72 Å². The minimum absolute atomic E-state index is 0.220. The zero-order valence-electron chi connectivity index (χ0n) is 8.49. The molecule has 0 radical (unpaired) electrons. The molecule has 0 saturated carbocycles. The second-order valence-electron chi connectivity index (χ2n) is 3.63. The van der Waals surface area contributed by atoms with Gasteiger partial charge in [-0.2, -0.15) is 0 Å². The smallest absolute Gasteiger partial charge is 0.202 e. The SMILES string of the molecule is Cc1cc(C2(C=O)NCCO2)ccc1O. The molecule has 2 N–H and O–H groups in total. The molecule has 1 atom stereocenters. The Morgan fingerprint density at radius 3 is 2.93 bits per heavy atom. The normalized spacial score (nSPS) is 25.4. The number of aldehydes is 1. The minimum Gasteiger partial charge on any atom is -0.508 e. The van der Waals surface area contributed by atoms with E-state index in [9.17, 15) is 9.90 Å². The Balaban J connectivity index is 2.43. The molecule has 1 aliphatic heterocycles. The van der Waals surface area contributed by atoms with Crippen LogP contribution < -0.4 is 5.32 Å². The van der Waals surface area contributed by atoms with E-state index < -0.39 is 5.72 Å². The van der Waals surface area contributed by atoms with E-state index in [1.165, 1.54) is 0 Å². The molecule has 1 aliphatic rings. The van der Waals surface area contributed by atoms with E-state index in [1.807, 2.05) is 0 Å². The molecule has 1 unspecified atom stereocenters. The fourth-order valence-corrected chi connectivity index (χ4v) is 1.72. The highest BCUT2D eigenvalue weighted by atomic mass is 16.5. The van der Waals surface area contributed by atoms with E-state index in [0.29, 0.717) is 13.2 Å². The van der Waals surface area contributed by atoms with Crippen LogP contribution in [-0.4, -0.2) is 24.5 Å². The van der Waals surface area contributed by atoms with Gasteiger partial charge >= 0.3 is 0 Å². The number of hydrogen-bond acceptors (Lipinski definition) is 4. The number of benzene rings is 1. The van der Waals surface area contributed by atoms with Crippen molar-refractivity contribution in [2.75, 3.05) is 13.2 Å². The van der Waals surface area contributed by atoms with Crippen LogP contribution in [0.25, 0.3) is 0 Å². The molecule has 0 bridgehead atoms. The van der Waals surface area contributed by atoms with Crippen molar-refractivity contribution in [2.45, 2.75) is 12.6 Å². The van der Waals surface area contributed by atoms with Crippen molar-refractivity contribution in [1.29, 1.82) is 0 Å². The summed E-state index contributed by atoms with van der Waals surface area (Å²) in [5, 5.41) is 12.4. The molecule has 1 heterocycles. The summed E-state index contributed by atoms with van der Waals surface area (Å²) < 4.78 is 5.41. The van der Waals surface area contributed by atoms with Gasteiger partial charge in [-0.3, -0.25) is 10.1 Å². The van der Waals surface area contributed by atoms with Crippen LogP contribution in [0.1, 0.15) is 11.1 Å². The van der Waals surface area contributed by atoms with Crippen LogP contribution in [-0.2, 0) is 15.3 Å². The van der Waals surface area contributed by atoms with Crippen molar-refractivity contribution in [3.8, 4) is 5.75 Å². The molecule has 0 aromatic heterocycles. The first kappa shape index (κ1) is 10.1. The van der Waals surface area contributed by atoms with E-state index >= 15 is 0 Å². The molecule has 2 rings (SSSR count). The fraction of sp³-hybridized carbons (Fsp3) is 0.364. The van der Waals surface area contributed by atoms with Crippen molar-refractivity contribution in [1.82, 2.24) is 5.32 Å². The van der Waals surface area contributed by atoms with Gasteiger partial charge in [0, 0.05) is 12.1 Å². The Hall–Kier alpha value is -1.39. The van der Waals surface area contributed by atoms with Gasteiger partial charge in [-0.05, 0) is 24.6 Å². The summed E-state index contributed by atoms with van der Waals surface area (Å²) in [6.45, 7) is 2.95. The first-order valence-corrected chi connectivity index (χ1v) is 4.83. The summed E-state index contributed by atoms with van der Waals surface area (Å²) in [4.78, 5) is 11.1. The lowest BCUT2D eigenvalue weighted by Gasteiger charge is -2.22. The van der Waals surface area contributed by atoms with E-state index in [0.717, 1.165) is 17.4 Å². The molecule has 15 heavy (non-hydrogen) atoms. The van der Waals surface area contributed by atoms with Gasteiger partial charge in [0.05, 0.1) is 6.61 Å². The van der Waals surface area contributed by atoms with Crippen LogP contribution in [0.3, 0.4) is 0 Å². The van der Waals surface area contributed by atoms with Crippen molar-refractivity contribution in [2.24, 2.45) is 0 Å². The van der Waals surface area contributed by atoms with Crippen molar-refractivity contribution in [3.05, 3.63) is 29.3 Å². The Bertz CT molecular complexity index is 383. The Morgan fingerprint density at radius 1 is 1.60 bits per heavy atom. The predicted octanol–water partition coefficient (Wildman–Crippen LogP) is 0.672. The Kier molecular flexibility index (Phi) is 2.46. The maximum atomic E-state index is 11.1. The monoisotopic (exact) mass is 207 g/mol. The first-order valence-electron chi connectivity index (χ1n) is 4.83. The van der Waals surface area contributed by atoms with Gasteiger partial charge in [0.1, 0.15) is 5.75 Å². The van der Waals surface area contributed by atoms with E-state index in [1.54, 1.807) is 25.1 Å². The molecule has 1 aromatic rings. The fourth-order valence-electron chi connectivity index (χ4n) is 1.72. The zero-order chi connectivity index (χ0) is 10.9. The number of phenolic OH excluding ortho intramolecular Hbond substituents is 1. The van der Waals surface area contributed by atoms with Gasteiger partial charge in [0.25, 0.3) is 0 Å². The average Bonchev–Trinajstić information content (AvgIpc) is 2.72. The number of aryl methyl sites for hydroxylation is 1. The van der Waals surface area contributed by atoms with E-state index in [2.05, 4.69) is 5.32 Å². The Morgan fingerprint density at radius 2 is 2.40 bits per heavy atom. The van der Waals surface area contributed by atoms with Gasteiger partial charge < -0.3 is 9.84 Å². The van der Waals surface area contributed by atoms with Crippen LogP contribution in [0.2, 0.25) is 0 Å². The lowest BCUT2D eigenvalue weighted by Crippen LogP contribution is -2.39. The van der Waals surface area contributed by atoms with Crippen LogP contribution in [0.5, 0.6) is 5.75 Å². The molecule has 1 saturated heterocycles. The zero-order valence-corrected chi connectivity index (χ0v) is 8.49. The second kappa shape index (κ2) is 3.64. The summed E-state index contributed by atoms with van der Waals surface area (Å²) in [5.74, 6) is 0.220. The van der Waals surface area contributed by atoms with E-state index in [4.69, 9.17) is 4.74 Å². The van der Waals surface area contributed by atoms with Crippen molar-refractivity contribution >= 4 is 6.29 Å². The number of nitrogens with one attached hydrogen (secondary N) is 1. The first-order chi connectivity index (χ1) is 7.18. The molecule has 4 nitrogen and oxygen atoms in total. The molecular formula is C11H13NO3. The summed E-state index contributed by atoms with van der Waals surface area (Å²) in [5.41, 5.74) is 0.426. The average molecular weight is 207 g/mol. The number of ether oxygens (including phenoxy) is 1. The second-order valence-corrected chi connectivity index (χ2v) is 3.63. The number of rotatable bonds is 2. The van der Waals surface area contributed by atoms with Crippen LogP contribution >= 0.6 is 0 Å². The molecule has 80 valence electrons. The third kappa shape index (κ3) is 1.62. The summed E-state index contributed by atoms with van der Waals surface area (Å²) in [6.07, 6.45) is 0.756. The van der Waals surface area contributed by atoms with Crippen LogP contribution in [0.4, 0.5) is 0 Å². The standard InChI is InChI=1S/C11H13NO3/c1-8-6-9(2-3-10(8)14)11(7-13)12-4-5-15-11/h2-3,6-7,12,14H,4-5H2,1H3. The summed E-state index contributed by atoms with van der Waals surface area (Å²) >= 11 is 0. The number of carbonyl (C=O) groups is 1. The third-order valence-electron chi connectivity index (χ3n) is 2.61. The van der Waals surface area contributed by atoms with E-state index in [-0.39, 0.29) is 5.75 Å². The van der Waals surface area contributed by atoms with Crippen molar-refractivity contribution < 1.29 is 14.6 Å². The minimum atomic E-state index is -1.03. The molecule has 4 heteroatoms. The van der Waals surface area contributed by atoms with Gasteiger partial charge in [-0.1, -0.05) is 6.07 Å². The molecular weight excluding hydrogens is 194 g/mol. The summed E-state index contributed by atoms with van der Waals surface area (Å²) in [7, 11) is 0. The highest BCUT2D eigenvalue weighted by Crippen LogP contribution is 2.27. The largest absolute Gasteiger partial charge is 0.508 e. The maximum absolute atomic E-state index is 11.1. The molecule has 1 fully saturated rings. The van der Waals surface area contributed by atoms with Crippen LogP contribution in [0, 0.1) is 6.92 Å². The topological polar surface area (TPSA) is 58.6 Å². The number of carbonyl (C=O) groups excluding carboxylic acids is 1. The molecule has 0 aliphatic carbocycles. The number of phenols is 1. The van der Waals surface area contributed by atoms with Gasteiger partial charge in [-0.15, -0.1) is 0 Å². The summed E-state index contributed by atoms with van der Waals surface area (Å²) in [6, 6.07) is 5.01. The van der Waals surface area contributed by atoms with Crippen molar-refractivity contribution in [3.63, 3.8) is 0 Å². The highest BCUT2D eigenvalue weighted by molar-refractivity contribution is 5.66. The maximum Gasteiger partial charge on any atom is 0.202 e. The number of hydrogen-bond donors (Lipinski definition) is 2. The lowest BCUT2D eigenvalue weighted by atomic mass is 10.0. The predicted molar refractivity (Wildman–Crippen MR) is 54.5 cm³/mol. The molecule has 1 aromatic carbocycles. The Labute approximate surface area is 87.9 Å². The van der Waals surface area contributed by atoms with Crippen LogP contribution in [0.15, 0.2) is 18.2 Å². The third-order valence-corrected chi connectivity index (χ3v) is 2.61. The van der Waals surface area contributed by atoms with Gasteiger partial charge in [-0.25, -0.2) is 0 Å². The molecule has 0 amide bonds. The lowest BCUT2D eigenvalue weighted by molar-refractivity contribution is -0.128. The van der Waals surface area contributed by atoms with Gasteiger partial charge in [0.15, 0.2) is 6.29 Å². The molecule has 0 spiro atoms. The highest BCUT2D eigenvalue weighted by Gasteiger charge is 2.36. The quantitative estimate of drug-likeness (QED) is 0.700. The number of aromatic hydroxyl groups is 1.